The van der Waals surface area contributed by atoms with Crippen LogP contribution in [0.3, 0.4) is 0 Å². The number of nitrogens with zero attached hydrogens (tertiary/aromatic N) is 1. The van der Waals surface area contributed by atoms with Gasteiger partial charge in [0.2, 0.25) is 0 Å². The molecule has 19 heavy (non-hydrogen) atoms. The monoisotopic (exact) mass is 279 g/mol. The lowest BCUT2D eigenvalue weighted by molar-refractivity contribution is -0.0000583. The van der Waals surface area contributed by atoms with Crippen LogP contribution in [0.2, 0.25) is 5.02 Å². The molecule has 1 aromatic rings. The molecule has 0 spiro atoms. The van der Waals surface area contributed by atoms with Crippen molar-refractivity contribution in [1.82, 2.24) is 4.90 Å². The molecular formula is C17H26ClN. The summed E-state index contributed by atoms with van der Waals surface area (Å²) in [4.78, 5) is 2.39. The first-order chi connectivity index (χ1) is 8.94. The third-order valence-electron chi connectivity index (χ3n) is 4.45. The molecule has 2 rings (SSSR count). The minimum atomic E-state index is 0.464. The number of halogens is 1. The van der Waals surface area contributed by atoms with Gasteiger partial charge in [0, 0.05) is 11.1 Å². The molecule has 1 aliphatic rings. The van der Waals surface area contributed by atoms with Crippen molar-refractivity contribution in [2.24, 2.45) is 11.3 Å². The van der Waals surface area contributed by atoms with E-state index in [0.717, 1.165) is 10.9 Å². The molecule has 1 fully saturated rings. The van der Waals surface area contributed by atoms with Crippen LogP contribution in [-0.2, 0) is 0 Å². The molecule has 0 radical (unpaired) electrons. The molecule has 1 unspecified atom stereocenters. The Hall–Kier alpha value is -0.530. The standard InChI is InChI=1S/C17H26ClN/c1-13(2)12-17(10-5-11-17)16(19(3)4)14-6-8-15(18)9-7-14/h6-9,13,16H,5,10-12H2,1-4H3. The average molecular weight is 280 g/mol. The second-order valence-electron chi connectivity index (χ2n) is 6.73. The topological polar surface area (TPSA) is 3.24 Å². The molecule has 1 aromatic carbocycles. The Morgan fingerprint density at radius 2 is 1.74 bits per heavy atom. The van der Waals surface area contributed by atoms with E-state index < -0.39 is 0 Å². The predicted molar refractivity (Wildman–Crippen MR) is 83.6 cm³/mol. The third-order valence-corrected chi connectivity index (χ3v) is 4.70. The Balaban J connectivity index is 2.31. The van der Waals surface area contributed by atoms with Crippen LogP contribution in [0.25, 0.3) is 0 Å². The van der Waals surface area contributed by atoms with Crippen molar-refractivity contribution in [3.8, 4) is 0 Å². The lowest BCUT2D eigenvalue weighted by Gasteiger charge is -2.51. The fourth-order valence-corrected chi connectivity index (χ4v) is 4.00. The fourth-order valence-electron chi connectivity index (χ4n) is 3.88. The Labute approximate surface area is 123 Å². The van der Waals surface area contributed by atoms with Crippen molar-refractivity contribution in [1.29, 1.82) is 0 Å². The fraction of sp³-hybridized carbons (Fsp3) is 0.647. The maximum Gasteiger partial charge on any atom is 0.0406 e. The van der Waals surface area contributed by atoms with Crippen LogP contribution in [-0.4, -0.2) is 19.0 Å². The quantitative estimate of drug-likeness (QED) is 0.720. The van der Waals surface area contributed by atoms with E-state index in [1.54, 1.807) is 0 Å². The van der Waals surface area contributed by atoms with Gasteiger partial charge in [0.05, 0.1) is 0 Å². The molecule has 0 amide bonds. The summed E-state index contributed by atoms with van der Waals surface area (Å²) in [7, 11) is 4.42. The van der Waals surface area contributed by atoms with E-state index >= 15 is 0 Å². The van der Waals surface area contributed by atoms with Gasteiger partial charge in [-0.1, -0.05) is 44.0 Å². The van der Waals surface area contributed by atoms with Gasteiger partial charge >= 0.3 is 0 Å². The summed E-state index contributed by atoms with van der Waals surface area (Å²) in [5.41, 5.74) is 1.88. The molecule has 1 aliphatic carbocycles. The van der Waals surface area contributed by atoms with E-state index in [4.69, 9.17) is 11.6 Å². The van der Waals surface area contributed by atoms with Gasteiger partial charge in [-0.15, -0.1) is 0 Å². The van der Waals surface area contributed by atoms with Gasteiger partial charge in [-0.25, -0.2) is 0 Å². The smallest absolute Gasteiger partial charge is 0.0406 e. The minimum absolute atomic E-state index is 0.464. The van der Waals surface area contributed by atoms with Crippen molar-refractivity contribution < 1.29 is 0 Å². The normalized spacial score (nSPS) is 19.5. The summed E-state index contributed by atoms with van der Waals surface area (Å²) in [6.07, 6.45) is 5.41. The van der Waals surface area contributed by atoms with E-state index in [1.165, 1.54) is 31.2 Å². The zero-order valence-electron chi connectivity index (χ0n) is 12.6. The summed E-state index contributed by atoms with van der Waals surface area (Å²) in [6.45, 7) is 4.68. The molecule has 0 heterocycles. The number of rotatable bonds is 5. The number of hydrogen-bond acceptors (Lipinski definition) is 1. The van der Waals surface area contributed by atoms with E-state index in [-0.39, 0.29) is 0 Å². The molecule has 2 heteroatoms. The summed E-state index contributed by atoms with van der Waals surface area (Å²) in [6, 6.07) is 8.96. The molecule has 0 N–H and O–H groups in total. The molecule has 1 atom stereocenters. The molecule has 1 nitrogen and oxygen atoms in total. The first-order valence-corrected chi connectivity index (χ1v) is 7.74. The molecule has 0 aliphatic heterocycles. The van der Waals surface area contributed by atoms with Crippen LogP contribution >= 0.6 is 11.6 Å². The first-order valence-electron chi connectivity index (χ1n) is 7.36. The zero-order chi connectivity index (χ0) is 14.0. The van der Waals surface area contributed by atoms with Gasteiger partial charge < -0.3 is 4.90 Å². The van der Waals surface area contributed by atoms with Crippen molar-refractivity contribution in [3.05, 3.63) is 34.9 Å². The van der Waals surface area contributed by atoms with Gasteiger partial charge in [0.15, 0.2) is 0 Å². The highest BCUT2D eigenvalue weighted by atomic mass is 35.5. The zero-order valence-corrected chi connectivity index (χ0v) is 13.4. The lowest BCUT2D eigenvalue weighted by atomic mass is 9.58. The van der Waals surface area contributed by atoms with Gasteiger partial charge in [-0.2, -0.15) is 0 Å². The first kappa shape index (κ1) is 14.9. The highest BCUT2D eigenvalue weighted by Crippen LogP contribution is 2.55. The van der Waals surface area contributed by atoms with Crippen LogP contribution in [0.1, 0.15) is 51.1 Å². The van der Waals surface area contributed by atoms with E-state index in [0.29, 0.717) is 11.5 Å². The Morgan fingerprint density at radius 3 is 2.11 bits per heavy atom. The second-order valence-corrected chi connectivity index (χ2v) is 7.17. The van der Waals surface area contributed by atoms with Crippen LogP contribution in [0, 0.1) is 11.3 Å². The van der Waals surface area contributed by atoms with E-state index in [1.807, 2.05) is 12.1 Å². The number of benzene rings is 1. The molecule has 0 bridgehead atoms. The molecular weight excluding hydrogens is 254 g/mol. The highest BCUT2D eigenvalue weighted by Gasteiger charge is 2.45. The minimum Gasteiger partial charge on any atom is -0.302 e. The molecule has 0 aromatic heterocycles. The van der Waals surface area contributed by atoms with Gasteiger partial charge in [-0.3, -0.25) is 0 Å². The Morgan fingerprint density at radius 1 is 1.16 bits per heavy atom. The maximum absolute atomic E-state index is 6.03. The van der Waals surface area contributed by atoms with E-state index in [2.05, 4.69) is 45.0 Å². The molecule has 1 saturated carbocycles. The molecule has 106 valence electrons. The van der Waals surface area contributed by atoms with Crippen molar-refractivity contribution >= 4 is 11.6 Å². The van der Waals surface area contributed by atoms with E-state index in [9.17, 15) is 0 Å². The van der Waals surface area contributed by atoms with Crippen molar-refractivity contribution in [3.63, 3.8) is 0 Å². The SMILES string of the molecule is CC(C)CC1(C(c2ccc(Cl)cc2)N(C)C)CCC1. The van der Waals surface area contributed by atoms with Crippen LogP contribution in [0.15, 0.2) is 24.3 Å². The van der Waals surface area contributed by atoms with Gasteiger partial charge in [0.1, 0.15) is 0 Å². The lowest BCUT2D eigenvalue weighted by Crippen LogP contribution is -2.43. The summed E-state index contributed by atoms with van der Waals surface area (Å²) >= 11 is 6.03. The number of hydrogen-bond donors (Lipinski definition) is 0. The maximum atomic E-state index is 6.03. The van der Waals surface area contributed by atoms with Gasteiger partial charge in [-0.05, 0) is 62.4 Å². The highest BCUT2D eigenvalue weighted by molar-refractivity contribution is 6.30. The summed E-state index contributed by atoms with van der Waals surface area (Å²) < 4.78 is 0. The van der Waals surface area contributed by atoms with Crippen LogP contribution in [0.5, 0.6) is 0 Å². The van der Waals surface area contributed by atoms with Gasteiger partial charge in [0.25, 0.3) is 0 Å². The van der Waals surface area contributed by atoms with Crippen LogP contribution < -0.4 is 0 Å². The van der Waals surface area contributed by atoms with Crippen LogP contribution in [0.4, 0.5) is 0 Å². The Kier molecular flexibility index (Phi) is 4.58. The summed E-state index contributed by atoms with van der Waals surface area (Å²) in [5.74, 6) is 0.759. The summed E-state index contributed by atoms with van der Waals surface area (Å²) in [5, 5.41) is 0.827. The van der Waals surface area contributed by atoms with Crippen molar-refractivity contribution in [2.45, 2.75) is 45.6 Å². The predicted octanol–water partition coefficient (Wildman–Crippen LogP) is 5.16. The Bertz CT molecular complexity index is 404. The largest absolute Gasteiger partial charge is 0.302 e. The average Bonchev–Trinajstić information content (AvgIpc) is 2.27. The molecule has 0 saturated heterocycles. The van der Waals surface area contributed by atoms with Crippen molar-refractivity contribution in [2.75, 3.05) is 14.1 Å². The third kappa shape index (κ3) is 3.14. The second kappa shape index (κ2) is 5.85.